The fraction of sp³-hybridized carbons (Fsp3) is 0.391. The normalized spacial score (nSPS) is 14.9. The van der Waals surface area contributed by atoms with Crippen molar-refractivity contribution in [2.45, 2.75) is 39.2 Å². The summed E-state index contributed by atoms with van der Waals surface area (Å²) in [5, 5.41) is 17.9. The predicted octanol–water partition coefficient (Wildman–Crippen LogP) is 4.52. The van der Waals surface area contributed by atoms with Gasteiger partial charge in [-0.3, -0.25) is 0 Å². The predicted molar refractivity (Wildman–Crippen MR) is 108 cm³/mol. The molecular weight excluding hydrogens is 350 g/mol. The number of aryl methyl sites for hydroxylation is 2. The third kappa shape index (κ3) is 4.02. The largest absolute Gasteiger partial charge is 0.488 e. The van der Waals surface area contributed by atoms with Gasteiger partial charge in [-0.1, -0.05) is 17.3 Å². The highest BCUT2D eigenvalue weighted by Gasteiger charge is 2.17. The molecule has 1 aliphatic rings. The lowest BCUT2D eigenvalue weighted by Crippen LogP contribution is -2.27. The quantitative estimate of drug-likeness (QED) is 0.686. The summed E-state index contributed by atoms with van der Waals surface area (Å²) in [4.78, 5) is 0. The second-order valence-electron chi connectivity index (χ2n) is 7.53. The highest BCUT2D eigenvalue weighted by Crippen LogP contribution is 2.31. The van der Waals surface area contributed by atoms with Gasteiger partial charge in [-0.15, -0.1) is 0 Å². The van der Waals surface area contributed by atoms with Crippen LogP contribution in [0.2, 0.25) is 0 Å². The Bertz CT molecular complexity index is 997. The molecule has 0 unspecified atom stereocenters. The van der Waals surface area contributed by atoms with Crippen LogP contribution < -0.4 is 10.1 Å². The summed E-state index contributed by atoms with van der Waals surface area (Å²) in [6.45, 7) is 4.67. The average Bonchev–Trinajstić information content (AvgIpc) is 3.16. The van der Waals surface area contributed by atoms with Crippen LogP contribution in [0.4, 0.5) is 0 Å². The zero-order chi connectivity index (χ0) is 19.3. The van der Waals surface area contributed by atoms with Crippen molar-refractivity contribution in [3.63, 3.8) is 0 Å². The minimum atomic E-state index is 0.415. The van der Waals surface area contributed by atoms with E-state index < -0.39 is 0 Å². The highest BCUT2D eigenvalue weighted by atomic mass is 16.5. The maximum atomic E-state index is 9.03. The highest BCUT2D eigenvalue weighted by molar-refractivity contribution is 5.84. The van der Waals surface area contributed by atoms with E-state index in [2.05, 4.69) is 22.6 Å². The molecule has 5 heteroatoms. The minimum absolute atomic E-state index is 0.415. The Morgan fingerprint density at radius 1 is 1.25 bits per heavy atom. The molecule has 1 saturated heterocycles. The number of ether oxygens (including phenoxy) is 1. The topological polar surface area (TPSA) is 71.1 Å². The maximum Gasteiger partial charge on any atom is 0.173 e. The summed E-state index contributed by atoms with van der Waals surface area (Å²) in [6.07, 6.45) is 4.62. The minimum Gasteiger partial charge on any atom is -0.488 e. The monoisotopic (exact) mass is 375 g/mol. The Morgan fingerprint density at radius 3 is 2.93 bits per heavy atom. The smallest absolute Gasteiger partial charge is 0.173 e. The van der Waals surface area contributed by atoms with Gasteiger partial charge < -0.3 is 14.6 Å². The number of rotatable bonds is 6. The molecule has 3 aromatic rings. The summed E-state index contributed by atoms with van der Waals surface area (Å²) < 4.78 is 11.7. The molecule has 1 aromatic heterocycles. The van der Waals surface area contributed by atoms with Crippen LogP contribution in [0.15, 0.2) is 40.9 Å². The number of hydrogen-bond donors (Lipinski definition) is 1. The molecule has 0 spiro atoms. The number of hydrogen-bond acceptors (Lipinski definition) is 5. The molecule has 2 aromatic carbocycles. The van der Waals surface area contributed by atoms with E-state index >= 15 is 0 Å². The second kappa shape index (κ2) is 8.45. The van der Waals surface area contributed by atoms with Crippen molar-refractivity contribution >= 4 is 11.0 Å². The van der Waals surface area contributed by atoms with E-state index in [4.69, 9.17) is 14.5 Å². The Labute approximate surface area is 165 Å². The fourth-order valence-corrected chi connectivity index (χ4v) is 3.91. The van der Waals surface area contributed by atoms with Crippen molar-refractivity contribution in [3.05, 3.63) is 58.8 Å². The van der Waals surface area contributed by atoms with Crippen molar-refractivity contribution < 1.29 is 9.26 Å². The van der Waals surface area contributed by atoms with Crippen molar-refractivity contribution in [1.82, 2.24) is 10.5 Å². The van der Waals surface area contributed by atoms with Crippen LogP contribution in [0.25, 0.3) is 11.0 Å². The van der Waals surface area contributed by atoms with Gasteiger partial charge in [0, 0.05) is 10.9 Å². The van der Waals surface area contributed by atoms with Gasteiger partial charge >= 0.3 is 0 Å². The van der Waals surface area contributed by atoms with Crippen LogP contribution in [0.5, 0.6) is 5.75 Å². The molecule has 144 valence electrons. The number of nitrogens with zero attached hydrogens (tertiary/aromatic N) is 2. The van der Waals surface area contributed by atoms with Gasteiger partial charge in [0.05, 0.1) is 17.3 Å². The first-order valence-corrected chi connectivity index (χ1v) is 9.95. The fourth-order valence-electron chi connectivity index (χ4n) is 3.91. The molecule has 0 radical (unpaired) electrons. The standard InChI is InChI=1S/C23H25N3O2/c1-16-22(27-15-19-4-2-3-18(13-19)14-24)8-6-20-21(26-28-23(16)20)7-5-17-9-11-25-12-10-17/h2-4,6,8,13,17,25H,5,7,9-12,15H2,1H3. The average molecular weight is 375 g/mol. The zero-order valence-corrected chi connectivity index (χ0v) is 16.2. The summed E-state index contributed by atoms with van der Waals surface area (Å²) >= 11 is 0. The first kappa shape index (κ1) is 18.5. The number of aromatic nitrogens is 1. The third-order valence-electron chi connectivity index (χ3n) is 5.61. The number of benzene rings is 2. The van der Waals surface area contributed by atoms with Gasteiger partial charge in [0.2, 0.25) is 0 Å². The number of nitriles is 1. The Hall–Kier alpha value is -2.84. The van der Waals surface area contributed by atoms with Gasteiger partial charge in [0.25, 0.3) is 0 Å². The van der Waals surface area contributed by atoms with E-state index in [1.54, 1.807) is 6.07 Å². The lowest BCUT2D eigenvalue weighted by molar-refractivity contribution is 0.303. The second-order valence-corrected chi connectivity index (χ2v) is 7.53. The van der Waals surface area contributed by atoms with Crippen LogP contribution in [-0.4, -0.2) is 18.2 Å². The molecule has 1 aliphatic heterocycles. The molecule has 0 bridgehead atoms. The van der Waals surface area contributed by atoms with Crippen molar-refractivity contribution in [1.29, 1.82) is 5.26 Å². The summed E-state index contributed by atoms with van der Waals surface area (Å²) in [5.74, 6) is 1.57. The van der Waals surface area contributed by atoms with Gasteiger partial charge in [0.1, 0.15) is 12.4 Å². The summed E-state index contributed by atoms with van der Waals surface area (Å²) in [7, 11) is 0. The van der Waals surface area contributed by atoms with Gasteiger partial charge in [-0.2, -0.15) is 5.26 Å². The molecule has 0 atom stereocenters. The third-order valence-corrected chi connectivity index (χ3v) is 5.61. The molecule has 1 N–H and O–H groups in total. The lowest BCUT2D eigenvalue weighted by Gasteiger charge is -2.21. The van der Waals surface area contributed by atoms with E-state index in [0.717, 1.165) is 65.4 Å². The summed E-state index contributed by atoms with van der Waals surface area (Å²) in [5.41, 5.74) is 4.43. The van der Waals surface area contributed by atoms with Gasteiger partial charge in [-0.25, -0.2) is 0 Å². The Balaban J connectivity index is 1.45. The maximum absolute atomic E-state index is 9.03. The SMILES string of the molecule is Cc1c(OCc2cccc(C#N)c2)ccc2c(CCC3CCNCC3)noc12. The van der Waals surface area contributed by atoms with E-state index in [0.29, 0.717) is 12.2 Å². The van der Waals surface area contributed by atoms with Crippen LogP contribution in [-0.2, 0) is 13.0 Å². The molecule has 0 saturated carbocycles. The molecule has 4 rings (SSSR count). The number of piperidine rings is 1. The molecule has 5 nitrogen and oxygen atoms in total. The number of nitrogens with one attached hydrogen (secondary N) is 1. The van der Waals surface area contributed by atoms with Gasteiger partial charge in [0.15, 0.2) is 5.58 Å². The first-order chi connectivity index (χ1) is 13.7. The van der Waals surface area contributed by atoms with Crippen LogP contribution in [0, 0.1) is 24.2 Å². The summed E-state index contributed by atoms with van der Waals surface area (Å²) in [6, 6.07) is 13.7. The molecular formula is C23H25N3O2. The molecule has 0 amide bonds. The Kier molecular flexibility index (Phi) is 5.59. The van der Waals surface area contributed by atoms with Crippen molar-refractivity contribution in [2.24, 2.45) is 5.92 Å². The molecule has 2 heterocycles. The zero-order valence-electron chi connectivity index (χ0n) is 16.2. The van der Waals surface area contributed by atoms with Crippen LogP contribution in [0.1, 0.15) is 41.6 Å². The van der Waals surface area contributed by atoms with E-state index in [1.807, 2.05) is 31.2 Å². The van der Waals surface area contributed by atoms with Crippen molar-refractivity contribution in [3.8, 4) is 11.8 Å². The molecule has 1 fully saturated rings. The molecule has 28 heavy (non-hydrogen) atoms. The van der Waals surface area contributed by atoms with Crippen molar-refractivity contribution in [2.75, 3.05) is 13.1 Å². The van der Waals surface area contributed by atoms with Crippen LogP contribution >= 0.6 is 0 Å². The van der Waals surface area contributed by atoms with E-state index in [9.17, 15) is 0 Å². The Morgan fingerprint density at radius 2 is 2.11 bits per heavy atom. The molecule has 0 aliphatic carbocycles. The number of fused-ring (bicyclic) bond motifs is 1. The van der Waals surface area contributed by atoms with E-state index in [-0.39, 0.29) is 0 Å². The van der Waals surface area contributed by atoms with Crippen LogP contribution in [0.3, 0.4) is 0 Å². The lowest BCUT2D eigenvalue weighted by atomic mass is 9.92. The first-order valence-electron chi connectivity index (χ1n) is 9.95. The van der Waals surface area contributed by atoms with E-state index in [1.165, 1.54) is 12.8 Å². The van der Waals surface area contributed by atoms with Gasteiger partial charge in [-0.05, 0) is 81.4 Å².